The van der Waals surface area contributed by atoms with Crippen LogP contribution in [0.4, 0.5) is 0 Å². The summed E-state index contributed by atoms with van der Waals surface area (Å²) in [6.07, 6.45) is 2.08. The number of piperidine rings is 1. The van der Waals surface area contributed by atoms with Gasteiger partial charge in [-0.25, -0.2) is 0 Å². The summed E-state index contributed by atoms with van der Waals surface area (Å²) in [7, 11) is 0. The summed E-state index contributed by atoms with van der Waals surface area (Å²) in [5.74, 6) is 0.330. The molecule has 0 amide bonds. The Morgan fingerprint density at radius 2 is 1.80 bits per heavy atom. The van der Waals surface area contributed by atoms with Crippen molar-refractivity contribution >= 4 is 17.0 Å². The van der Waals surface area contributed by atoms with Crippen LogP contribution < -0.4 is 5.32 Å². The largest absolute Gasteiger partial charge is 0.412 e. The SMILES string of the molecule is Br.N#CC1CCNCC1.O. The van der Waals surface area contributed by atoms with Crippen molar-refractivity contribution in [3.8, 4) is 6.07 Å². The van der Waals surface area contributed by atoms with Crippen LogP contribution in [0.25, 0.3) is 0 Å². The van der Waals surface area contributed by atoms with Crippen LogP contribution in [0.1, 0.15) is 12.8 Å². The average molecular weight is 209 g/mol. The molecule has 1 fully saturated rings. The van der Waals surface area contributed by atoms with Crippen molar-refractivity contribution < 1.29 is 5.48 Å². The second kappa shape index (κ2) is 7.00. The molecule has 3 nitrogen and oxygen atoms in total. The summed E-state index contributed by atoms with van der Waals surface area (Å²) in [5, 5.41) is 11.6. The molecule has 0 unspecified atom stereocenters. The van der Waals surface area contributed by atoms with Crippen molar-refractivity contribution in [2.75, 3.05) is 13.1 Å². The lowest BCUT2D eigenvalue weighted by atomic mass is 10.0. The highest BCUT2D eigenvalue weighted by molar-refractivity contribution is 8.93. The molecule has 0 spiro atoms. The summed E-state index contributed by atoms with van der Waals surface area (Å²) < 4.78 is 0. The first kappa shape index (κ1) is 12.6. The van der Waals surface area contributed by atoms with Crippen molar-refractivity contribution in [3.63, 3.8) is 0 Å². The van der Waals surface area contributed by atoms with Crippen molar-refractivity contribution in [3.05, 3.63) is 0 Å². The van der Waals surface area contributed by atoms with Gasteiger partial charge in [0.2, 0.25) is 0 Å². The minimum atomic E-state index is 0. The number of nitriles is 1. The molecule has 1 aliphatic heterocycles. The van der Waals surface area contributed by atoms with Crippen LogP contribution in [0.2, 0.25) is 0 Å². The zero-order chi connectivity index (χ0) is 5.82. The summed E-state index contributed by atoms with van der Waals surface area (Å²) in [6, 6.07) is 2.26. The average Bonchev–Trinajstić information content (AvgIpc) is 1.90. The monoisotopic (exact) mass is 208 g/mol. The highest BCUT2D eigenvalue weighted by Crippen LogP contribution is 2.08. The molecule has 0 radical (unpaired) electrons. The molecule has 0 aromatic carbocycles. The zero-order valence-corrected chi connectivity index (χ0v) is 7.47. The van der Waals surface area contributed by atoms with Gasteiger partial charge >= 0.3 is 0 Å². The molecular formula is C6H13BrN2O. The lowest BCUT2D eigenvalue weighted by Crippen LogP contribution is -2.26. The van der Waals surface area contributed by atoms with E-state index in [4.69, 9.17) is 5.26 Å². The zero-order valence-electron chi connectivity index (χ0n) is 5.76. The standard InChI is InChI=1S/C6H10N2.BrH.H2O/c7-5-6-1-3-8-4-2-6;;/h6,8H,1-4H2;1H;1H2. The molecule has 10 heavy (non-hydrogen) atoms. The van der Waals surface area contributed by atoms with Gasteiger partial charge in [-0.15, -0.1) is 17.0 Å². The minimum Gasteiger partial charge on any atom is -0.412 e. The Morgan fingerprint density at radius 1 is 1.30 bits per heavy atom. The van der Waals surface area contributed by atoms with E-state index in [1.807, 2.05) is 0 Å². The number of hydrogen-bond acceptors (Lipinski definition) is 2. The minimum absolute atomic E-state index is 0. The van der Waals surface area contributed by atoms with E-state index in [0.29, 0.717) is 5.92 Å². The van der Waals surface area contributed by atoms with Gasteiger partial charge in [0.05, 0.1) is 6.07 Å². The van der Waals surface area contributed by atoms with E-state index < -0.39 is 0 Å². The number of nitrogens with zero attached hydrogens (tertiary/aromatic N) is 1. The lowest BCUT2D eigenvalue weighted by molar-refractivity contribution is 0.444. The van der Waals surface area contributed by atoms with Crippen LogP contribution in [-0.2, 0) is 0 Å². The Bertz CT molecular complexity index is 107. The predicted molar refractivity (Wildman–Crippen MR) is 45.1 cm³/mol. The predicted octanol–water partition coefficient (Wildman–Crippen LogP) is 0.263. The first-order valence-electron chi connectivity index (χ1n) is 3.04. The van der Waals surface area contributed by atoms with Gasteiger partial charge in [0.1, 0.15) is 0 Å². The van der Waals surface area contributed by atoms with E-state index in [1.54, 1.807) is 0 Å². The van der Waals surface area contributed by atoms with Gasteiger partial charge in [-0.05, 0) is 25.9 Å². The number of nitrogens with one attached hydrogen (secondary N) is 1. The Hall–Kier alpha value is -0.110. The van der Waals surface area contributed by atoms with E-state index in [-0.39, 0.29) is 22.5 Å². The maximum absolute atomic E-state index is 8.41. The molecular weight excluding hydrogens is 196 g/mol. The molecule has 0 aliphatic carbocycles. The van der Waals surface area contributed by atoms with Crippen LogP contribution in [0.3, 0.4) is 0 Å². The smallest absolute Gasteiger partial charge is 0.0656 e. The molecule has 1 saturated heterocycles. The van der Waals surface area contributed by atoms with Gasteiger partial charge in [0.15, 0.2) is 0 Å². The van der Waals surface area contributed by atoms with Crippen LogP contribution in [-0.4, -0.2) is 18.6 Å². The van der Waals surface area contributed by atoms with E-state index in [0.717, 1.165) is 25.9 Å². The summed E-state index contributed by atoms with van der Waals surface area (Å²) >= 11 is 0. The van der Waals surface area contributed by atoms with Crippen LogP contribution in [0.15, 0.2) is 0 Å². The fourth-order valence-corrected chi connectivity index (χ4v) is 0.951. The molecule has 0 aromatic heterocycles. The topological polar surface area (TPSA) is 67.3 Å². The lowest BCUT2D eigenvalue weighted by Gasteiger charge is -2.15. The van der Waals surface area contributed by atoms with E-state index in [2.05, 4.69) is 11.4 Å². The number of rotatable bonds is 0. The fourth-order valence-electron chi connectivity index (χ4n) is 0.951. The van der Waals surface area contributed by atoms with Crippen LogP contribution in [0.5, 0.6) is 0 Å². The summed E-state index contributed by atoms with van der Waals surface area (Å²) in [6.45, 7) is 2.05. The third kappa shape index (κ3) is 3.83. The van der Waals surface area contributed by atoms with E-state index in [9.17, 15) is 0 Å². The first-order valence-corrected chi connectivity index (χ1v) is 3.04. The molecule has 0 aromatic rings. The van der Waals surface area contributed by atoms with Crippen molar-refractivity contribution in [2.45, 2.75) is 12.8 Å². The first-order chi connectivity index (χ1) is 3.93. The quantitative estimate of drug-likeness (QED) is 0.621. The Balaban J connectivity index is 0. The molecule has 1 rings (SSSR count). The van der Waals surface area contributed by atoms with Gasteiger partial charge in [0, 0.05) is 5.92 Å². The maximum atomic E-state index is 8.41. The second-order valence-electron chi connectivity index (χ2n) is 2.15. The van der Waals surface area contributed by atoms with Gasteiger partial charge < -0.3 is 10.8 Å². The summed E-state index contributed by atoms with van der Waals surface area (Å²) in [5.41, 5.74) is 0. The molecule has 1 heterocycles. The van der Waals surface area contributed by atoms with Gasteiger partial charge in [-0.1, -0.05) is 0 Å². The van der Waals surface area contributed by atoms with Crippen molar-refractivity contribution in [2.24, 2.45) is 5.92 Å². The van der Waals surface area contributed by atoms with Crippen molar-refractivity contribution in [1.29, 1.82) is 5.26 Å². The van der Waals surface area contributed by atoms with Crippen molar-refractivity contribution in [1.82, 2.24) is 5.32 Å². The highest BCUT2D eigenvalue weighted by Gasteiger charge is 2.09. The molecule has 3 N–H and O–H groups in total. The Kier molecular flexibility index (Phi) is 8.79. The van der Waals surface area contributed by atoms with Crippen LogP contribution >= 0.6 is 17.0 Å². The van der Waals surface area contributed by atoms with Gasteiger partial charge in [0.25, 0.3) is 0 Å². The van der Waals surface area contributed by atoms with Gasteiger partial charge in [-0.2, -0.15) is 5.26 Å². The molecule has 4 heteroatoms. The van der Waals surface area contributed by atoms with Crippen LogP contribution in [0, 0.1) is 17.2 Å². The number of halogens is 1. The molecule has 1 aliphatic rings. The third-order valence-electron chi connectivity index (χ3n) is 1.52. The van der Waals surface area contributed by atoms with E-state index >= 15 is 0 Å². The molecule has 0 bridgehead atoms. The number of hydrogen-bond donors (Lipinski definition) is 1. The Morgan fingerprint density at radius 3 is 2.10 bits per heavy atom. The molecule has 60 valence electrons. The molecule has 0 saturated carbocycles. The van der Waals surface area contributed by atoms with E-state index in [1.165, 1.54) is 0 Å². The highest BCUT2D eigenvalue weighted by atomic mass is 79.9. The fraction of sp³-hybridized carbons (Fsp3) is 0.833. The Labute approximate surface area is 71.5 Å². The van der Waals surface area contributed by atoms with Gasteiger partial charge in [-0.3, -0.25) is 0 Å². The maximum Gasteiger partial charge on any atom is 0.0656 e. The normalized spacial score (nSPS) is 17.9. The second-order valence-corrected chi connectivity index (χ2v) is 2.15. The summed E-state index contributed by atoms with van der Waals surface area (Å²) in [4.78, 5) is 0. The third-order valence-corrected chi connectivity index (χ3v) is 1.52. The molecule has 0 atom stereocenters.